The summed E-state index contributed by atoms with van der Waals surface area (Å²) in [5, 5.41) is 8.42. The van der Waals surface area contributed by atoms with Crippen molar-refractivity contribution in [1.29, 1.82) is 0 Å². The number of nitrogens with one attached hydrogen (secondary N) is 3. The smallest absolute Gasteiger partial charge is 0.265 e. The highest BCUT2D eigenvalue weighted by molar-refractivity contribution is 7.92. The van der Waals surface area contributed by atoms with E-state index in [-0.39, 0.29) is 56.0 Å². The Labute approximate surface area is 246 Å². The fourth-order valence-electron chi connectivity index (χ4n) is 4.19. The number of carbonyl (C=O) groups is 3. The van der Waals surface area contributed by atoms with Gasteiger partial charge in [0.05, 0.1) is 33.1 Å². The Morgan fingerprint density at radius 2 is 1.70 bits per heavy atom. The molecule has 0 fully saturated rings. The molecule has 3 aromatic rings. The average molecular weight is 625 g/mol. The molecule has 0 saturated carbocycles. The van der Waals surface area contributed by atoms with E-state index >= 15 is 0 Å². The first kappa shape index (κ1) is 29.6. The third kappa shape index (κ3) is 6.49. The molecule has 40 heavy (non-hydrogen) atoms. The predicted octanol–water partition coefficient (Wildman–Crippen LogP) is 4.05. The summed E-state index contributed by atoms with van der Waals surface area (Å²) in [5.74, 6) is -1.34. The molecule has 0 saturated heterocycles. The summed E-state index contributed by atoms with van der Waals surface area (Å²) in [5.41, 5.74) is 0.549. The van der Waals surface area contributed by atoms with Gasteiger partial charge in [0.1, 0.15) is 17.7 Å². The number of amides is 3. The van der Waals surface area contributed by atoms with E-state index in [0.717, 1.165) is 4.31 Å². The van der Waals surface area contributed by atoms with E-state index in [1.54, 1.807) is 18.2 Å². The number of hydrogen-bond acceptors (Lipinski definition) is 6. The zero-order chi connectivity index (χ0) is 29.2. The SMILES string of the molecule is CC(=O)N[C@H](C)C(=O)N[C@@H]1Cc2ccc(NC(=O)c3c(Cl)cccc3Cl)nc2N(S(=O)(=O)c2cccc(Cl)c2)C1. The first-order chi connectivity index (χ1) is 18.9. The molecular weight excluding hydrogens is 601 g/mol. The van der Waals surface area contributed by atoms with Gasteiger partial charge in [-0.1, -0.05) is 53.0 Å². The standard InChI is InChI=1S/C26H24Cl3N5O5S/c1-14(30-15(2)35)25(36)31-18-11-16-9-10-22(33-26(37)23-20(28)7-4-8-21(23)29)32-24(16)34(13-18)40(38,39)19-6-3-5-17(27)12-19/h3-10,12,14,18H,11,13H2,1-2H3,(H,30,35)(H,31,36)(H,32,33,37)/t14-,18-/m1/s1. The molecular formula is C26H24Cl3N5O5S. The second-order valence-electron chi connectivity index (χ2n) is 9.06. The van der Waals surface area contributed by atoms with Crippen molar-refractivity contribution >= 4 is 74.2 Å². The molecule has 3 N–H and O–H groups in total. The number of aromatic nitrogens is 1. The number of nitrogens with zero attached hydrogens (tertiary/aromatic N) is 2. The largest absolute Gasteiger partial charge is 0.349 e. The Bertz CT molecular complexity index is 1580. The number of benzene rings is 2. The topological polar surface area (TPSA) is 138 Å². The Hall–Kier alpha value is -3.38. The van der Waals surface area contributed by atoms with Crippen molar-refractivity contribution in [1.82, 2.24) is 15.6 Å². The number of sulfonamides is 1. The normalized spacial score (nSPS) is 15.5. The van der Waals surface area contributed by atoms with E-state index in [1.807, 2.05) is 0 Å². The van der Waals surface area contributed by atoms with Crippen molar-refractivity contribution < 1.29 is 22.8 Å². The van der Waals surface area contributed by atoms with Crippen LogP contribution in [0.1, 0.15) is 29.8 Å². The summed E-state index contributed by atoms with van der Waals surface area (Å²) in [4.78, 5) is 41.4. The fourth-order valence-corrected chi connectivity index (χ4v) is 6.56. The van der Waals surface area contributed by atoms with Crippen LogP contribution in [0.2, 0.25) is 15.1 Å². The van der Waals surface area contributed by atoms with Gasteiger partial charge >= 0.3 is 0 Å². The van der Waals surface area contributed by atoms with Crippen LogP contribution in [0.3, 0.4) is 0 Å². The summed E-state index contributed by atoms with van der Waals surface area (Å²) in [6.45, 7) is 2.65. The van der Waals surface area contributed by atoms with Gasteiger partial charge in [-0.2, -0.15) is 0 Å². The number of hydrogen-bond donors (Lipinski definition) is 3. The van der Waals surface area contributed by atoms with Crippen LogP contribution < -0.4 is 20.3 Å². The second-order valence-corrected chi connectivity index (χ2v) is 12.2. The molecule has 0 unspecified atom stereocenters. The lowest BCUT2D eigenvalue weighted by atomic mass is 10.0. The number of anilines is 2. The third-order valence-corrected chi connectivity index (χ3v) is 8.64. The van der Waals surface area contributed by atoms with E-state index in [1.165, 1.54) is 50.2 Å². The lowest BCUT2D eigenvalue weighted by Gasteiger charge is -2.35. The minimum atomic E-state index is -4.21. The maximum absolute atomic E-state index is 13.8. The van der Waals surface area contributed by atoms with Crippen LogP contribution in [0.4, 0.5) is 11.6 Å². The van der Waals surface area contributed by atoms with Gasteiger partial charge in [-0.3, -0.25) is 14.4 Å². The molecule has 10 nitrogen and oxygen atoms in total. The van der Waals surface area contributed by atoms with E-state index in [2.05, 4.69) is 20.9 Å². The predicted molar refractivity (Wildman–Crippen MR) is 154 cm³/mol. The molecule has 14 heteroatoms. The zero-order valence-electron chi connectivity index (χ0n) is 21.2. The second kappa shape index (κ2) is 12.0. The summed E-state index contributed by atoms with van der Waals surface area (Å²) in [6.07, 6.45) is 0.243. The zero-order valence-corrected chi connectivity index (χ0v) is 24.3. The molecule has 1 aliphatic heterocycles. The van der Waals surface area contributed by atoms with Crippen molar-refractivity contribution in [3.63, 3.8) is 0 Å². The van der Waals surface area contributed by atoms with Crippen LogP contribution in [-0.4, -0.2) is 49.8 Å². The minimum absolute atomic E-state index is 0.0461. The Kier molecular flexibility index (Phi) is 8.89. The molecule has 0 bridgehead atoms. The van der Waals surface area contributed by atoms with Crippen molar-refractivity contribution in [2.75, 3.05) is 16.2 Å². The van der Waals surface area contributed by atoms with Crippen LogP contribution in [0, 0.1) is 0 Å². The number of fused-ring (bicyclic) bond motifs is 1. The first-order valence-corrected chi connectivity index (χ1v) is 14.5. The number of rotatable bonds is 7. The van der Waals surface area contributed by atoms with E-state index < -0.39 is 33.9 Å². The maximum atomic E-state index is 13.8. The van der Waals surface area contributed by atoms with Crippen molar-refractivity contribution in [2.24, 2.45) is 0 Å². The van der Waals surface area contributed by atoms with Crippen LogP contribution in [-0.2, 0) is 26.0 Å². The molecule has 0 aliphatic carbocycles. The average Bonchev–Trinajstić information content (AvgIpc) is 2.87. The minimum Gasteiger partial charge on any atom is -0.349 e. The molecule has 4 rings (SSSR count). The molecule has 0 spiro atoms. The molecule has 3 amide bonds. The number of carbonyl (C=O) groups excluding carboxylic acids is 3. The fraction of sp³-hybridized carbons (Fsp3) is 0.231. The van der Waals surface area contributed by atoms with Crippen LogP contribution in [0.15, 0.2) is 59.5 Å². The molecule has 0 radical (unpaired) electrons. The van der Waals surface area contributed by atoms with Gasteiger partial charge in [0.15, 0.2) is 0 Å². The number of halogens is 3. The molecule has 210 valence electrons. The Morgan fingerprint density at radius 3 is 2.35 bits per heavy atom. The van der Waals surface area contributed by atoms with Gasteiger partial charge in [-0.25, -0.2) is 17.7 Å². The van der Waals surface area contributed by atoms with Gasteiger partial charge in [-0.05, 0) is 55.3 Å². The molecule has 2 atom stereocenters. The van der Waals surface area contributed by atoms with Crippen LogP contribution in [0.5, 0.6) is 0 Å². The van der Waals surface area contributed by atoms with E-state index in [9.17, 15) is 22.8 Å². The van der Waals surface area contributed by atoms with Gasteiger partial charge in [0.2, 0.25) is 11.8 Å². The molecule has 2 aromatic carbocycles. The van der Waals surface area contributed by atoms with Gasteiger partial charge in [-0.15, -0.1) is 0 Å². The van der Waals surface area contributed by atoms with Gasteiger partial charge < -0.3 is 16.0 Å². The van der Waals surface area contributed by atoms with E-state index in [4.69, 9.17) is 34.8 Å². The Morgan fingerprint density at radius 1 is 1.02 bits per heavy atom. The Balaban J connectivity index is 1.70. The maximum Gasteiger partial charge on any atom is 0.265 e. The van der Waals surface area contributed by atoms with E-state index in [0.29, 0.717) is 5.56 Å². The quantitative estimate of drug-likeness (QED) is 0.363. The van der Waals surface area contributed by atoms with Gasteiger partial charge in [0.25, 0.3) is 15.9 Å². The lowest BCUT2D eigenvalue weighted by molar-refractivity contribution is -0.128. The highest BCUT2D eigenvalue weighted by Gasteiger charge is 2.36. The highest BCUT2D eigenvalue weighted by atomic mass is 35.5. The van der Waals surface area contributed by atoms with Crippen molar-refractivity contribution in [2.45, 2.75) is 37.2 Å². The van der Waals surface area contributed by atoms with Crippen molar-refractivity contribution in [3.05, 3.63) is 80.8 Å². The first-order valence-electron chi connectivity index (χ1n) is 12.0. The number of pyridine rings is 1. The molecule has 1 aromatic heterocycles. The van der Waals surface area contributed by atoms with Gasteiger partial charge in [0, 0.05) is 11.9 Å². The summed E-state index contributed by atoms with van der Waals surface area (Å²) in [7, 11) is -4.21. The third-order valence-electron chi connectivity index (χ3n) is 6.02. The summed E-state index contributed by atoms with van der Waals surface area (Å²) in [6, 6.07) is 12.0. The molecule has 2 heterocycles. The summed E-state index contributed by atoms with van der Waals surface area (Å²) >= 11 is 18.4. The molecule has 1 aliphatic rings. The van der Waals surface area contributed by atoms with Crippen LogP contribution >= 0.6 is 34.8 Å². The van der Waals surface area contributed by atoms with Crippen molar-refractivity contribution in [3.8, 4) is 0 Å². The monoisotopic (exact) mass is 623 g/mol. The summed E-state index contributed by atoms with van der Waals surface area (Å²) < 4.78 is 28.6. The van der Waals surface area contributed by atoms with Crippen LogP contribution in [0.25, 0.3) is 0 Å². The lowest BCUT2D eigenvalue weighted by Crippen LogP contribution is -2.54. The highest BCUT2D eigenvalue weighted by Crippen LogP contribution is 2.33.